The van der Waals surface area contributed by atoms with Gasteiger partial charge in [-0.15, -0.1) is 11.3 Å². The van der Waals surface area contributed by atoms with Gasteiger partial charge in [0.15, 0.2) is 16.4 Å². The van der Waals surface area contributed by atoms with Crippen molar-refractivity contribution in [3.05, 3.63) is 34.2 Å². The minimum Gasteiger partial charge on any atom is -0.451 e. The number of rotatable bonds is 4. The Hall–Kier alpha value is -1.64. The van der Waals surface area contributed by atoms with Crippen LogP contribution in [0.3, 0.4) is 0 Å². The third-order valence-corrected chi connectivity index (χ3v) is 7.60. The quantitative estimate of drug-likeness (QED) is 0.734. The van der Waals surface area contributed by atoms with Gasteiger partial charge in [0.25, 0.3) is 5.91 Å². The van der Waals surface area contributed by atoms with Gasteiger partial charge >= 0.3 is 5.97 Å². The molecule has 1 amide bonds. The Balaban J connectivity index is 1.63. The summed E-state index contributed by atoms with van der Waals surface area (Å²) in [5, 5.41) is 1.08. The molecule has 1 aromatic carbocycles. The Kier molecular flexibility index (Phi) is 5.04. The Labute approximate surface area is 154 Å². The normalized spacial score (nSPS) is 19.0. The third kappa shape index (κ3) is 3.80. The van der Waals surface area contributed by atoms with Crippen LogP contribution in [-0.2, 0) is 19.4 Å². The number of sulfone groups is 1. The molecule has 0 N–H and O–H groups in total. The van der Waals surface area contributed by atoms with Crippen molar-refractivity contribution in [2.75, 3.05) is 25.2 Å². The van der Waals surface area contributed by atoms with E-state index in [-0.39, 0.29) is 22.4 Å². The SMILES string of the molecule is CN(C(=O)COC(=O)c1sc2ccccc2c1Cl)[C@@H]1CCS(=O)(=O)C1. The van der Waals surface area contributed by atoms with E-state index >= 15 is 0 Å². The molecule has 1 saturated heterocycles. The van der Waals surface area contributed by atoms with Gasteiger partial charge in [-0.1, -0.05) is 29.8 Å². The van der Waals surface area contributed by atoms with Crippen molar-refractivity contribution in [2.24, 2.45) is 0 Å². The van der Waals surface area contributed by atoms with Gasteiger partial charge in [0.05, 0.1) is 16.5 Å². The van der Waals surface area contributed by atoms with Crippen molar-refractivity contribution in [1.82, 2.24) is 4.90 Å². The molecular formula is C16H16ClNO5S2. The number of likely N-dealkylation sites (N-methyl/N-ethyl adjacent to an activating group) is 1. The molecule has 1 aliphatic rings. The summed E-state index contributed by atoms with van der Waals surface area (Å²) in [5.41, 5.74) is 0. The van der Waals surface area contributed by atoms with E-state index in [4.69, 9.17) is 16.3 Å². The highest BCUT2D eigenvalue weighted by Gasteiger charge is 2.33. The summed E-state index contributed by atoms with van der Waals surface area (Å²) >= 11 is 7.42. The molecule has 25 heavy (non-hydrogen) atoms. The second-order valence-corrected chi connectivity index (χ2v) is 9.54. The van der Waals surface area contributed by atoms with Gasteiger partial charge in [0.2, 0.25) is 0 Å². The Morgan fingerprint density at radius 3 is 2.72 bits per heavy atom. The predicted octanol–water partition coefficient (Wildman–Crippen LogP) is 2.36. The number of hydrogen-bond donors (Lipinski definition) is 0. The van der Waals surface area contributed by atoms with Crippen LogP contribution in [0.1, 0.15) is 16.1 Å². The zero-order valence-corrected chi connectivity index (χ0v) is 15.8. The second-order valence-electron chi connectivity index (χ2n) is 5.88. The zero-order chi connectivity index (χ0) is 18.2. The molecule has 0 unspecified atom stereocenters. The zero-order valence-electron chi connectivity index (χ0n) is 13.4. The van der Waals surface area contributed by atoms with Crippen molar-refractivity contribution >= 4 is 54.7 Å². The minimum absolute atomic E-state index is 0.0503. The Morgan fingerprint density at radius 1 is 1.36 bits per heavy atom. The van der Waals surface area contributed by atoms with E-state index in [9.17, 15) is 18.0 Å². The van der Waals surface area contributed by atoms with Gasteiger partial charge in [0, 0.05) is 23.2 Å². The van der Waals surface area contributed by atoms with Gasteiger partial charge in [-0.2, -0.15) is 0 Å². The predicted molar refractivity (Wildman–Crippen MR) is 96.9 cm³/mol. The highest BCUT2D eigenvalue weighted by atomic mass is 35.5. The number of nitrogens with zero attached hydrogens (tertiary/aromatic N) is 1. The number of ether oxygens (including phenoxy) is 1. The average Bonchev–Trinajstić information content (AvgIpc) is 3.12. The molecule has 134 valence electrons. The van der Waals surface area contributed by atoms with Crippen molar-refractivity contribution in [3.63, 3.8) is 0 Å². The van der Waals surface area contributed by atoms with E-state index in [1.54, 1.807) is 0 Å². The van der Waals surface area contributed by atoms with Gasteiger partial charge < -0.3 is 9.64 Å². The minimum atomic E-state index is -3.09. The molecule has 1 aliphatic heterocycles. The molecule has 2 heterocycles. The topological polar surface area (TPSA) is 80.8 Å². The number of halogens is 1. The number of carbonyl (C=O) groups is 2. The first kappa shape index (κ1) is 18.2. The van der Waals surface area contributed by atoms with Crippen molar-refractivity contribution in [3.8, 4) is 0 Å². The lowest BCUT2D eigenvalue weighted by molar-refractivity contribution is -0.134. The summed E-state index contributed by atoms with van der Waals surface area (Å²) in [6.07, 6.45) is 0.403. The fourth-order valence-corrected chi connectivity index (χ4v) is 5.90. The summed E-state index contributed by atoms with van der Waals surface area (Å²) in [6.45, 7) is -0.448. The number of fused-ring (bicyclic) bond motifs is 1. The average molecular weight is 402 g/mol. The van der Waals surface area contributed by atoms with Crippen LogP contribution >= 0.6 is 22.9 Å². The van der Waals surface area contributed by atoms with Gasteiger partial charge in [-0.25, -0.2) is 13.2 Å². The molecule has 1 atom stereocenters. The van der Waals surface area contributed by atoms with Crippen LogP contribution < -0.4 is 0 Å². The lowest BCUT2D eigenvalue weighted by Crippen LogP contribution is -2.40. The number of amides is 1. The first-order valence-corrected chi connectivity index (χ1v) is 10.6. The summed E-state index contributed by atoms with van der Waals surface area (Å²) < 4.78 is 29.0. The molecule has 9 heteroatoms. The fraction of sp³-hybridized carbons (Fsp3) is 0.375. The molecular weight excluding hydrogens is 386 g/mol. The molecule has 2 aromatic rings. The first-order chi connectivity index (χ1) is 11.8. The van der Waals surface area contributed by atoms with E-state index in [0.717, 1.165) is 10.1 Å². The maximum Gasteiger partial charge on any atom is 0.350 e. The van der Waals surface area contributed by atoms with Crippen LogP contribution in [-0.4, -0.2) is 56.4 Å². The van der Waals surface area contributed by atoms with Crippen molar-refractivity contribution in [2.45, 2.75) is 12.5 Å². The van der Waals surface area contributed by atoms with E-state index in [1.165, 1.54) is 23.3 Å². The van der Waals surface area contributed by atoms with Crippen LogP contribution in [0.5, 0.6) is 0 Å². The number of hydrogen-bond acceptors (Lipinski definition) is 6. The van der Waals surface area contributed by atoms with Crippen LogP contribution in [0.15, 0.2) is 24.3 Å². The number of carbonyl (C=O) groups excluding carboxylic acids is 2. The van der Waals surface area contributed by atoms with Gasteiger partial charge in [-0.3, -0.25) is 4.79 Å². The highest BCUT2D eigenvalue weighted by molar-refractivity contribution is 7.91. The smallest absolute Gasteiger partial charge is 0.350 e. The van der Waals surface area contributed by atoms with Gasteiger partial charge in [-0.05, 0) is 12.5 Å². The molecule has 6 nitrogen and oxygen atoms in total. The number of benzene rings is 1. The van der Waals surface area contributed by atoms with E-state index in [0.29, 0.717) is 11.4 Å². The fourth-order valence-electron chi connectivity index (χ4n) is 2.72. The molecule has 0 bridgehead atoms. The maximum atomic E-state index is 12.2. The molecule has 0 aliphatic carbocycles. The van der Waals surface area contributed by atoms with E-state index in [2.05, 4.69) is 0 Å². The van der Waals surface area contributed by atoms with Crippen molar-refractivity contribution < 1.29 is 22.7 Å². The van der Waals surface area contributed by atoms with Crippen LogP contribution in [0.4, 0.5) is 0 Å². The van der Waals surface area contributed by atoms with Crippen LogP contribution in [0.2, 0.25) is 5.02 Å². The first-order valence-electron chi connectivity index (χ1n) is 7.59. The maximum absolute atomic E-state index is 12.2. The standard InChI is InChI=1S/C16H16ClNO5S2/c1-18(10-6-7-25(21,22)9-10)13(19)8-23-16(20)15-14(17)11-4-2-3-5-12(11)24-15/h2-5,10H,6-9H2,1H3/t10-/m1/s1. The lowest BCUT2D eigenvalue weighted by Gasteiger charge is -2.23. The summed E-state index contributed by atoms with van der Waals surface area (Å²) in [5.74, 6) is -1.07. The molecule has 0 radical (unpaired) electrons. The molecule has 3 rings (SSSR count). The monoisotopic (exact) mass is 401 g/mol. The molecule has 0 saturated carbocycles. The van der Waals surface area contributed by atoms with Crippen LogP contribution in [0.25, 0.3) is 10.1 Å². The largest absolute Gasteiger partial charge is 0.451 e. The summed E-state index contributed by atoms with van der Waals surface area (Å²) in [6, 6.07) is 6.96. The Bertz CT molecular complexity index is 937. The number of thiophene rings is 1. The highest BCUT2D eigenvalue weighted by Crippen LogP contribution is 2.35. The summed E-state index contributed by atoms with van der Waals surface area (Å²) in [7, 11) is -1.56. The van der Waals surface area contributed by atoms with E-state index < -0.39 is 28.3 Å². The molecule has 0 spiro atoms. The third-order valence-electron chi connectivity index (χ3n) is 4.20. The molecule has 1 fully saturated rings. The van der Waals surface area contributed by atoms with E-state index in [1.807, 2.05) is 24.3 Å². The summed E-state index contributed by atoms with van der Waals surface area (Å²) in [4.78, 5) is 26.0. The number of esters is 1. The van der Waals surface area contributed by atoms with Crippen molar-refractivity contribution in [1.29, 1.82) is 0 Å². The lowest BCUT2D eigenvalue weighted by atomic mass is 10.2. The molecule has 1 aromatic heterocycles. The Morgan fingerprint density at radius 2 is 2.08 bits per heavy atom. The van der Waals surface area contributed by atoms with Crippen LogP contribution in [0, 0.1) is 0 Å². The second kappa shape index (κ2) is 6.93. The van der Waals surface area contributed by atoms with Gasteiger partial charge in [0.1, 0.15) is 4.88 Å².